The van der Waals surface area contributed by atoms with E-state index in [4.69, 9.17) is 26.8 Å². The second kappa shape index (κ2) is 11.1. The maximum atomic E-state index is 10.7. The third-order valence-electron chi connectivity index (χ3n) is 2.51. The quantitative estimate of drug-likeness (QED) is 0.457. The average Bonchev–Trinajstić information content (AvgIpc) is 2.55. The van der Waals surface area contributed by atoms with Gasteiger partial charge in [-0.25, -0.2) is 0 Å². The number of ether oxygens (including phenoxy) is 1. The molecule has 0 atom stereocenters. The van der Waals surface area contributed by atoms with Gasteiger partial charge in [0.25, 0.3) is 0 Å². The van der Waals surface area contributed by atoms with Crippen LogP contribution in [0.1, 0.15) is 13.3 Å². The summed E-state index contributed by atoms with van der Waals surface area (Å²) in [6.07, 6.45) is 3.77. The number of carbonyl (C=O) groups excluding carboxylic acids is 1. The van der Waals surface area contributed by atoms with Gasteiger partial charge in [-0.15, -0.1) is 0 Å². The van der Waals surface area contributed by atoms with E-state index in [1.165, 1.54) is 0 Å². The zero-order chi connectivity index (χ0) is 17.1. The number of aromatic nitrogens is 2. The van der Waals surface area contributed by atoms with E-state index in [0.29, 0.717) is 11.0 Å². The predicted molar refractivity (Wildman–Crippen MR) is 96.8 cm³/mol. The molecule has 0 aliphatic carbocycles. The summed E-state index contributed by atoms with van der Waals surface area (Å²) in [5.41, 5.74) is 1.83. The van der Waals surface area contributed by atoms with Gasteiger partial charge in [-0.2, -0.15) is 0 Å². The van der Waals surface area contributed by atoms with E-state index in [9.17, 15) is 4.79 Å². The molecule has 0 bridgehead atoms. The molecule has 0 aliphatic heterocycles. The molecule has 2 heterocycles. The van der Waals surface area contributed by atoms with Crippen molar-refractivity contribution < 1.29 is 9.53 Å². The van der Waals surface area contributed by atoms with Gasteiger partial charge in [0.1, 0.15) is 0 Å². The van der Waals surface area contributed by atoms with Crippen LogP contribution in [0.4, 0.5) is 0 Å². The summed E-state index contributed by atoms with van der Waals surface area (Å²) in [5, 5.41) is 0. The Labute approximate surface area is 151 Å². The van der Waals surface area contributed by atoms with E-state index < -0.39 is 15.0 Å². The van der Waals surface area contributed by atoms with E-state index in [0.717, 1.165) is 11.4 Å². The number of hydrogen-bond donors (Lipinski definition) is 0. The summed E-state index contributed by atoms with van der Waals surface area (Å²) in [4.78, 5) is 19.1. The van der Waals surface area contributed by atoms with Crippen molar-refractivity contribution in [2.45, 2.75) is 17.8 Å². The summed E-state index contributed by atoms with van der Waals surface area (Å²) in [6.45, 7) is 2.13. The Morgan fingerprint density at radius 1 is 1.04 bits per heavy atom. The van der Waals surface area contributed by atoms with Crippen LogP contribution in [-0.4, -0.2) is 37.5 Å². The number of carbonyl (C=O) groups is 1. The Balaban J connectivity index is 0.000000232. The Hall–Kier alpha value is -0.561. The van der Waals surface area contributed by atoms with Crippen molar-refractivity contribution in [3.05, 3.63) is 48.8 Å². The fourth-order valence-corrected chi connectivity index (χ4v) is 4.80. The van der Waals surface area contributed by atoms with Gasteiger partial charge >= 0.3 is 81.6 Å². The van der Waals surface area contributed by atoms with Crippen LogP contribution in [0, 0.1) is 0 Å². The minimum atomic E-state index is -3.29. The van der Waals surface area contributed by atoms with Gasteiger partial charge in [-0.05, 0) is 24.3 Å². The van der Waals surface area contributed by atoms with Gasteiger partial charge in [-0.3, -0.25) is 9.97 Å². The van der Waals surface area contributed by atoms with Crippen LogP contribution in [0.3, 0.4) is 0 Å². The second-order valence-electron chi connectivity index (χ2n) is 4.35. The average molecular weight is 482 g/mol. The Kier molecular flexibility index (Phi) is 9.86. The Morgan fingerprint density at radius 3 is 1.91 bits per heavy atom. The van der Waals surface area contributed by atoms with Crippen LogP contribution in [0.5, 0.6) is 0 Å². The molecule has 0 spiro atoms. The first-order valence-corrected chi connectivity index (χ1v) is 19.8. The molecule has 2 aromatic rings. The molecule has 2 rings (SSSR count). The van der Waals surface area contributed by atoms with Crippen molar-refractivity contribution in [1.82, 2.24) is 9.97 Å². The standard InChI is InChI=1S/C10H8N2.C5H9O2.3ClH.Sn/c1-3-7-11-9(5-1)10-6-2-4-8-12-10;1-3-5(6)7-4-2;;;;/h1-8H;1,3-4H2,2H3;3*1H;/q;;;;;+3/p-3. The summed E-state index contributed by atoms with van der Waals surface area (Å²) >= 11 is -3.29. The molecule has 0 radical (unpaired) electrons. The van der Waals surface area contributed by atoms with E-state index in [1.807, 2.05) is 36.4 Å². The molecule has 0 amide bonds. The Morgan fingerprint density at radius 2 is 1.57 bits per heavy atom. The molecular formula is C15H17Cl3N2O2Sn. The third kappa shape index (κ3) is 10.0. The largest absolute Gasteiger partial charge is 0.255 e. The van der Waals surface area contributed by atoms with Crippen LogP contribution in [0.15, 0.2) is 48.8 Å². The zero-order valence-corrected chi connectivity index (χ0v) is 17.7. The summed E-state index contributed by atoms with van der Waals surface area (Å²) < 4.78 is 5.06. The van der Waals surface area contributed by atoms with Crippen molar-refractivity contribution in [2.75, 3.05) is 6.61 Å². The van der Waals surface area contributed by atoms with Crippen molar-refractivity contribution in [2.24, 2.45) is 0 Å². The maximum Gasteiger partial charge on any atom is 0.0886 e. The summed E-state index contributed by atoms with van der Waals surface area (Å²) in [6, 6.07) is 11.6. The van der Waals surface area contributed by atoms with Gasteiger partial charge in [0, 0.05) is 12.4 Å². The van der Waals surface area contributed by atoms with E-state index >= 15 is 0 Å². The number of nitrogens with zero attached hydrogens (tertiary/aromatic N) is 2. The molecule has 2 aromatic heterocycles. The number of rotatable bonds is 5. The van der Waals surface area contributed by atoms with Crippen LogP contribution >= 0.6 is 26.8 Å². The Bertz CT molecular complexity index is 543. The molecule has 0 N–H and O–H groups in total. The van der Waals surface area contributed by atoms with Gasteiger partial charge in [0.15, 0.2) is 0 Å². The molecule has 0 aliphatic rings. The van der Waals surface area contributed by atoms with Crippen LogP contribution in [0.25, 0.3) is 11.4 Å². The van der Waals surface area contributed by atoms with Crippen LogP contribution < -0.4 is 0 Å². The molecular weight excluding hydrogens is 465 g/mol. The number of esters is 1. The van der Waals surface area contributed by atoms with Crippen molar-refractivity contribution in [3.63, 3.8) is 0 Å². The first-order valence-electron chi connectivity index (χ1n) is 6.97. The second-order valence-corrected chi connectivity index (χ2v) is 26.2. The fraction of sp³-hybridized carbons (Fsp3) is 0.267. The molecule has 0 saturated heterocycles. The monoisotopic (exact) mass is 482 g/mol. The molecule has 4 nitrogen and oxygen atoms in total. The third-order valence-corrected chi connectivity index (χ3v) is 8.64. The maximum absolute atomic E-state index is 10.7. The van der Waals surface area contributed by atoms with Crippen LogP contribution in [0.2, 0.25) is 4.44 Å². The number of hydrogen-bond acceptors (Lipinski definition) is 4. The zero-order valence-electron chi connectivity index (χ0n) is 12.6. The fourth-order valence-electron chi connectivity index (χ4n) is 1.51. The first kappa shape index (κ1) is 20.5. The normalized spacial score (nSPS) is 10.4. The van der Waals surface area contributed by atoms with Crippen molar-refractivity contribution in [1.29, 1.82) is 0 Å². The molecule has 0 unspecified atom stereocenters. The minimum Gasteiger partial charge on any atom is -0.255 e. The van der Waals surface area contributed by atoms with E-state index in [1.54, 1.807) is 19.3 Å². The van der Waals surface area contributed by atoms with Gasteiger partial charge in [-0.1, -0.05) is 12.1 Å². The van der Waals surface area contributed by atoms with Gasteiger partial charge < -0.3 is 0 Å². The van der Waals surface area contributed by atoms with E-state index in [2.05, 4.69) is 14.7 Å². The summed E-state index contributed by atoms with van der Waals surface area (Å²) in [5.74, 6) is -0.282. The predicted octanol–water partition coefficient (Wildman–Crippen LogP) is 4.74. The molecule has 23 heavy (non-hydrogen) atoms. The minimum absolute atomic E-state index is 0.237. The molecule has 0 fully saturated rings. The first-order chi connectivity index (χ1) is 10.9. The van der Waals surface area contributed by atoms with Crippen LogP contribution in [-0.2, 0) is 9.53 Å². The van der Waals surface area contributed by atoms with Crippen molar-refractivity contribution in [3.8, 4) is 11.4 Å². The van der Waals surface area contributed by atoms with Gasteiger partial charge in [0.05, 0.1) is 11.4 Å². The smallest absolute Gasteiger partial charge is 0.0886 e. The molecule has 124 valence electrons. The number of halogens is 3. The van der Waals surface area contributed by atoms with Gasteiger partial charge in [0.2, 0.25) is 0 Å². The SMILES string of the molecule is CCOC(=O)C[CH2][Sn]([Cl])([Cl])[Cl].c1ccc(-c2ccccn2)nc1. The topological polar surface area (TPSA) is 52.1 Å². The molecule has 0 aromatic carbocycles. The summed E-state index contributed by atoms with van der Waals surface area (Å²) in [7, 11) is 16.8. The van der Waals surface area contributed by atoms with Crippen molar-refractivity contribution >= 4 is 47.7 Å². The molecule has 8 heteroatoms. The molecule has 0 saturated carbocycles. The van der Waals surface area contributed by atoms with E-state index in [-0.39, 0.29) is 12.4 Å². The number of pyridine rings is 2.